The Morgan fingerprint density at radius 3 is 2.68 bits per heavy atom. The second-order valence-corrected chi connectivity index (χ2v) is 6.75. The van der Waals surface area contributed by atoms with E-state index in [4.69, 9.17) is 16.3 Å². The third kappa shape index (κ3) is 4.92. The van der Waals surface area contributed by atoms with Gasteiger partial charge in [0.25, 0.3) is 11.6 Å². The zero-order chi connectivity index (χ0) is 18.6. The van der Waals surface area contributed by atoms with Crippen molar-refractivity contribution in [2.45, 2.75) is 51.7 Å². The minimum atomic E-state index is -0.989. The summed E-state index contributed by atoms with van der Waals surface area (Å²) in [5.74, 6) is -0.783. The van der Waals surface area contributed by atoms with Crippen LogP contribution >= 0.6 is 11.6 Å². The van der Waals surface area contributed by atoms with Gasteiger partial charge in [-0.15, -0.1) is 0 Å². The molecule has 0 heterocycles. The van der Waals surface area contributed by atoms with Gasteiger partial charge in [0, 0.05) is 12.1 Å². The molecule has 0 radical (unpaired) electrons. The Morgan fingerprint density at radius 1 is 1.36 bits per heavy atom. The SMILES string of the molecule is C[C@@H]1CCCC[C@H]1NC(=O)[C@@H](C)OC(=O)c1ccc(Cl)c([N+](=O)[O-])c1. The summed E-state index contributed by atoms with van der Waals surface area (Å²) in [5, 5.41) is 13.7. The summed E-state index contributed by atoms with van der Waals surface area (Å²) in [4.78, 5) is 34.6. The predicted octanol–water partition coefficient (Wildman–Crippen LogP) is 3.49. The highest BCUT2D eigenvalue weighted by molar-refractivity contribution is 6.32. The van der Waals surface area contributed by atoms with E-state index in [0.717, 1.165) is 31.7 Å². The van der Waals surface area contributed by atoms with Crippen molar-refractivity contribution in [3.63, 3.8) is 0 Å². The average Bonchev–Trinajstić information content (AvgIpc) is 2.56. The number of nitrogens with one attached hydrogen (secondary N) is 1. The van der Waals surface area contributed by atoms with Gasteiger partial charge in [0.2, 0.25) is 0 Å². The number of hydrogen-bond donors (Lipinski definition) is 1. The predicted molar refractivity (Wildman–Crippen MR) is 92.5 cm³/mol. The first-order chi connectivity index (χ1) is 11.8. The number of benzene rings is 1. The summed E-state index contributed by atoms with van der Waals surface area (Å²) in [6.07, 6.45) is 3.21. The van der Waals surface area contributed by atoms with E-state index in [0.29, 0.717) is 5.92 Å². The van der Waals surface area contributed by atoms with E-state index >= 15 is 0 Å². The van der Waals surface area contributed by atoms with Gasteiger partial charge in [-0.25, -0.2) is 4.79 Å². The zero-order valence-corrected chi connectivity index (χ0v) is 14.9. The summed E-state index contributed by atoms with van der Waals surface area (Å²) in [7, 11) is 0. The lowest BCUT2D eigenvalue weighted by atomic mass is 9.86. The zero-order valence-electron chi connectivity index (χ0n) is 14.2. The molecule has 1 aromatic carbocycles. The fourth-order valence-electron chi connectivity index (χ4n) is 2.89. The molecular formula is C17H21ClN2O5. The van der Waals surface area contributed by atoms with Crippen LogP contribution in [0.3, 0.4) is 0 Å². The summed E-state index contributed by atoms with van der Waals surface area (Å²) < 4.78 is 5.13. The minimum absolute atomic E-state index is 0.0261. The molecule has 1 aromatic rings. The first-order valence-corrected chi connectivity index (χ1v) is 8.62. The lowest BCUT2D eigenvalue weighted by molar-refractivity contribution is -0.384. The standard InChI is InChI=1S/C17H21ClN2O5/c1-10-5-3-4-6-14(10)19-16(21)11(2)25-17(22)12-7-8-13(18)15(9-12)20(23)24/h7-11,14H,3-6H2,1-2H3,(H,19,21)/t10-,11-,14-/m1/s1. The van der Waals surface area contributed by atoms with Crippen molar-refractivity contribution < 1.29 is 19.2 Å². The summed E-state index contributed by atoms with van der Waals surface area (Å²) >= 11 is 5.72. The molecule has 8 heteroatoms. The van der Waals surface area contributed by atoms with Crippen molar-refractivity contribution in [2.75, 3.05) is 0 Å². The van der Waals surface area contributed by atoms with Gasteiger partial charge in [-0.3, -0.25) is 14.9 Å². The third-order valence-electron chi connectivity index (χ3n) is 4.47. The van der Waals surface area contributed by atoms with E-state index in [-0.39, 0.29) is 28.2 Å². The number of esters is 1. The Bertz CT molecular complexity index is 679. The van der Waals surface area contributed by atoms with Crippen molar-refractivity contribution >= 4 is 29.2 Å². The number of carbonyl (C=O) groups is 2. The van der Waals surface area contributed by atoms with Crippen LogP contribution in [0.15, 0.2) is 18.2 Å². The van der Waals surface area contributed by atoms with Crippen molar-refractivity contribution in [2.24, 2.45) is 5.92 Å². The maximum absolute atomic E-state index is 12.2. The van der Waals surface area contributed by atoms with Crippen molar-refractivity contribution in [3.05, 3.63) is 38.9 Å². The van der Waals surface area contributed by atoms with Gasteiger partial charge in [-0.1, -0.05) is 31.4 Å². The van der Waals surface area contributed by atoms with Gasteiger partial charge in [0.15, 0.2) is 6.10 Å². The van der Waals surface area contributed by atoms with Gasteiger partial charge in [0.05, 0.1) is 10.5 Å². The number of nitro benzene ring substituents is 1. The van der Waals surface area contributed by atoms with Crippen LogP contribution in [0.4, 0.5) is 5.69 Å². The molecule has 0 aromatic heterocycles. The molecule has 3 atom stereocenters. The molecule has 0 saturated heterocycles. The Balaban J connectivity index is 1.98. The van der Waals surface area contributed by atoms with Crippen LogP contribution in [0, 0.1) is 16.0 Å². The number of nitrogens with zero attached hydrogens (tertiary/aromatic N) is 1. The molecule has 0 spiro atoms. The normalized spacial score (nSPS) is 21.2. The molecule has 0 unspecified atom stereocenters. The number of halogens is 1. The molecule has 25 heavy (non-hydrogen) atoms. The van der Waals surface area contributed by atoms with Crippen LogP contribution in [0.5, 0.6) is 0 Å². The van der Waals surface area contributed by atoms with Crippen molar-refractivity contribution in [1.29, 1.82) is 0 Å². The highest BCUT2D eigenvalue weighted by atomic mass is 35.5. The van der Waals surface area contributed by atoms with E-state index in [1.165, 1.54) is 19.1 Å². The van der Waals surface area contributed by atoms with Gasteiger partial charge in [-0.05, 0) is 37.8 Å². The molecule has 136 valence electrons. The first-order valence-electron chi connectivity index (χ1n) is 8.25. The fraction of sp³-hybridized carbons (Fsp3) is 0.529. The van der Waals surface area contributed by atoms with Crippen molar-refractivity contribution in [1.82, 2.24) is 5.32 Å². The summed E-state index contributed by atoms with van der Waals surface area (Å²) in [5.41, 5.74) is -0.411. The second-order valence-electron chi connectivity index (χ2n) is 6.35. The number of ether oxygens (including phenoxy) is 1. The quantitative estimate of drug-likeness (QED) is 0.487. The molecule has 1 aliphatic rings. The third-order valence-corrected chi connectivity index (χ3v) is 4.79. The smallest absolute Gasteiger partial charge is 0.339 e. The Kier molecular flexibility index (Phi) is 6.36. The maximum Gasteiger partial charge on any atom is 0.339 e. The molecule has 1 fully saturated rings. The fourth-order valence-corrected chi connectivity index (χ4v) is 3.08. The van der Waals surface area contributed by atoms with Crippen LogP contribution in [-0.4, -0.2) is 28.9 Å². The first kappa shape index (κ1) is 19.2. The van der Waals surface area contributed by atoms with E-state index in [1.807, 2.05) is 0 Å². The molecule has 1 amide bonds. The van der Waals surface area contributed by atoms with Gasteiger partial charge < -0.3 is 10.1 Å². The van der Waals surface area contributed by atoms with E-state index in [2.05, 4.69) is 12.2 Å². The lowest BCUT2D eigenvalue weighted by Crippen LogP contribution is -2.45. The molecule has 1 N–H and O–H groups in total. The molecule has 0 aliphatic heterocycles. The lowest BCUT2D eigenvalue weighted by Gasteiger charge is -2.30. The highest BCUT2D eigenvalue weighted by Gasteiger charge is 2.27. The van der Waals surface area contributed by atoms with Crippen LogP contribution in [0.1, 0.15) is 49.9 Å². The van der Waals surface area contributed by atoms with Gasteiger partial charge >= 0.3 is 5.97 Å². The largest absolute Gasteiger partial charge is 0.449 e. The number of amides is 1. The topological polar surface area (TPSA) is 98.5 Å². The summed E-state index contributed by atoms with van der Waals surface area (Å²) in [6.45, 7) is 3.57. The average molecular weight is 369 g/mol. The Hall–Kier alpha value is -2.15. The number of hydrogen-bond acceptors (Lipinski definition) is 5. The van der Waals surface area contributed by atoms with Gasteiger partial charge in [-0.2, -0.15) is 0 Å². The van der Waals surface area contributed by atoms with Crippen LogP contribution < -0.4 is 5.32 Å². The highest BCUT2D eigenvalue weighted by Crippen LogP contribution is 2.26. The van der Waals surface area contributed by atoms with E-state index < -0.39 is 17.0 Å². The number of rotatable bonds is 5. The molecule has 2 rings (SSSR count). The molecule has 1 aliphatic carbocycles. The Labute approximate surface area is 150 Å². The number of nitro groups is 1. The van der Waals surface area contributed by atoms with Crippen LogP contribution in [0.25, 0.3) is 0 Å². The second kappa shape index (κ2) is 8.29. The van der Waals surface area contributed by atoms with Crippen molar-refractivity contribution in [3.8, 4) is 0 Å². The molecule has 0 bridgehead atoms. The van der Waals surface area contributed by atoms with Gasteiger partial charge in [0.1, 0.15) is 5.02 Å². The van der Waals surface area contributed by atoms with Crippen LogP contribution in [-0.2, 0) is 9.53 Å². The molecule has 7 nitrogen and oxygen atoms in total. The molecule has 1 saturated carbocycles. The van der Waals surface area contributed by atoms with E-state index in [1.54, 1.807) is 0 Å². The minimum Gasteiger partial charge on any atom is -0.449 e. The van der Waals surface area contributed by atoms with E-state index in [9.17, 15) is 19.7 Å². The monoisotopic (exact) mass is 368 g/mol. The maximum atomic E-state index is 12.2. The number of carbonyl (C=O) groups excluding carboxylic acids is 2. The van der Waals surface area contributed by atoms with Crippen LogP contribution in [0.2, 0.25) is 5.02 Å². The summed E-state index contributed by atoms with van der Waals surface area (Å²) in [6, 6.07) is 3.70. The molecular weight excluding hydrogens is 348 g/mol. The Morgan fingerprint density at radius 2 is 2.04 bits per heavy atom.